The molecular formula is C121H186N6O9Rb-. The molecule has 1 saturated heterocycles. The van der Waals surface area contributed by atoms with Crippen LogP contribution in [0.25, 0.3) is 0 Å². The van der Waals surface area contributed by atoms with Crippen molar-refractivity contribution < 1.29 is 102 Å². The second-order valence-corrected chi connectivity index (χ2v) is 45.4. The number of benzene rings is 7. The second kappa shape index (κ2) is 54.7. The summed E-state index contributed by atoms with van der Waals surface area (Å²) in [5.41, 5.74) is 15.2. The monoisotopic (exact) mass is 1950 g/mol. The smallest absolute Gasteiger partial charge is 0.870 e. The second-order valence-electron chi connectivity index (χ2n) is 45.4. The van der Waals surface area contributed by atoms with Crippen LogP contribution in [0.4, 0.5) is 0 Å². The van der Waals surface area contributed by atoms with Crippen molar-refractivity contribution in [1.29, 1.82) is 0 Å². The van der Waals surface area contributed by atoms with Gasteiger partial charge in [0.25, 0.3) is 0 Å². The summed E-state index contributed by atoms with van der Waals surface area (Å²) in [6.45, 7) is 41.0. The number of hydrogen-bond donors (Lipinski definition) is 0. The first-order valence-corrected chi connectivity index (χ1v) is 52.2. The number of ether oxygens (including phenoxy) is 8. The van der Waals surface area contributed by atoms with E-state index < -0.39 is 0 Å². The van der Waals surface area contributed by atoms with Gasteiger partial charge >= 0.3 is 58.2 Å². The van der Waals surface area contributed by atoms with Gasteiger partial charge in [-0.3, -0.25) is 9.80 Å². The van der Waals surface area contributed by atoms with Crippen molar-refractivity contribution in [3.8, 4) is 23.0 Å². The van der Waals surface area contributed by atoms with Crippen LogP contribution in [0.15, 0.2) is 175 Å². The molecule has 3 aliphatic heterocycles. The number of likely N-dealkylation sites (tertiary alicyclic amines) is 1. The molecule has 16 heteroatoms. The molecule has 5 fully saturated rings. The molecule has 1 N–H and O–H groups in total. The maximum absolute atomic E-state index is 6.46. The van der Waals surface area contributed by atoms with E-state index in [4.69, 9.17) is 37.9 Å². The number of rotatable bonds is 28. The van der Waals surface area contributed by atoms with Crippen molar-refractivity contribution in [2.45, 2.75) is 277 Å². The van der Waals surface area contributed by atoms with E-state index >= 15 is 0 Å². The van der Waals surface area contributed by atoms with Gasteiger partial charge in [0.05, 0.1) is 38.6 Å². The van der Waals surface area contributed by atoms with Gasteiger partial charge in [0.15, 0.2) is 11.5 Å². The van der Waals surface area contributed by atoms with E-state index in [-0.39, 0.29) is 110 Å². The molecule has 137 heavy (non-hydrogen) atoms. The summed E-state index contributed by atoms with van der Waals surface area (Å²) >= 11 is 0. The maximum atomic E-state index is 6.46. The van der Waals surface area contributed by atoms with E-state index in [1.165, 1.54) is 146 Å². The maximum Gasteiger partial charge on any atom is 1.00 e. The van der Waals surface area contributed by atoms with Crippen molar-refractivity contribution in [2.75, 3.05) is 159 Å². The first kappa shape index (κ1) is 117. The third-order valence-electron chi connectivity index (χ3n) is 32.7. The SMILES string of the molecule is CC(C)c1cccc(C2CCCCC2CN(C)C)c1.COC(c1ccc(C(C)C)cc1)C(C)N1CCCC(OC)(c2ccccc2)C1.COC1(c2c[c-]ccc2)CC(C(C)C)CCC1CN(C)C.COc1ccc2c3c1OC1CC(C(C)(C)C)C=C(CN(C)C2)C31.COc1cccc(C2(C(C)C)CCCCC2CN(C)C)c1.COc1cccc(C2(OC)CC(C(C)C)CCC2CN(C)C)c1.[OH-].[Rb+]. The molecule has 8 aliphatic rings. The van der Waals surface area contributed by atoms with Gasteiger partial charge in [0.1, 0.15) is 23.2 Å². The summed E-state index contributed by atoms with van der Waals surface area (Å²) in [5, 5.41) is 0. The van der Waals surface area contributed by atoms with Gasteiger partial charge in [0, 0.05) is 103 Å². The molecule has 0 amide bonds. The van der Waals surface area contributed by atoms with E-state index in [1.54, 1.807) is 26.9 Å². The minimum Gasteiger partial charge on any atom is -0.870 e. The summed E-state index contributed by atoms with van der Waals surface area (Å²) in [4.78, 5) is 14.2. The van der Waals surface area contributed by atoms with Crippen LogP contribution >= 0.6 is 0 Å². The predicted octanol–water partition coefficient (Wildman–Crippen LogP) is 23.4. The summed E-state index contributed by atoms with van der Waals surface area (Å²) in [5.74, 6) is 12.8. The van der Waals surface area contributed by atoms with Gasteiger partial charge < -0.3 is 63.0 Å². The first-order chi connectivity index (χ1) is 64.4. The third-order valence-corrected chi connectivity index (χ3v) is 32.7. The standard InChI is InChI=1S/C25H35NO2.C20H27NO2.C20H33NO2.C19H31NO.C19H30NO.C18H29N.H2O.Rb/c1-19(2)21-12-14-22(15-13-21)24(27-4)20(3)26-17-9-16-25(18-26,28-5)23-10-7-6-8-11-23;1-20(2,3)14-8-13-11-21(4)10-12-6-7-15(22-5)19-18(12)17(13)16(9-14)23-19;1-15(2)16-10-11-18(14-21(3)4)20(13-16,23-6)17-8-7-9-19(12-17)22-5;1-15(2)19(16-10-8-11-18(13-16)21-5)12-7-6-9-17(19)14-20(3)4;1-15(2)16-11-12-18(14-20(3)4)19(13-16,21-5)17-9-7-6-8-10-17;1-14(2)15-9-7-10-16(12-15)18-11-6-5-8-17(18)13-19(3)4;;/h6-8,10-15,19-20,24H,9,16-18H2,1-5H3;6-8,14,16-17H,9-11H2,1-5H3;7-9,12,15-16,18H,10-11,13-14H2,1-6H3;8,10-11,13,15,17H,6-7,9,12,14H2,1-5H3;6-7,9-10,15-16,18H,11-14H2,1-5H3;7,9-10,12,14,17-18H,5-6,8,11,13H2,1-4H3;1H2;/q;;;;-1;;;+1/p-1. The molecule has 3 heterocycles. The number of allylic oxidation sites excluding steroid dienone is 1. The zero-order chi connectivity index (χ0) is 98.3. The molecule has 0 bridgehead atoms. The van der Waals surface area contributed by atoms with Gasteiger partial charge in [-0.1, -0.05) is 231 Å². The Morgan fingerprint density at radius 3 is 1.58 bits per heavy atom. The average molecular weight is 1950 g/mol. The third kappa shape index (κ3) is 29.8. The van der Waals surface area contributed by atoms with E-state index in [0.29, 0.717) is 59.2 Å². The van der Waals surface area contributed by atoms with Crippen molar-refractivity contribution in [3.05, 3.63) is 237 Å². The minimum absolute atomic E-state index is 0. The fourth-order valence-corrected chi connectivity index (χ4v) is 25.0. The molecule has 5 aliphatic carbocycles. The average Bonchev–Trinajstić information content (AvgIpc) is 1.62. The Balaban J connectivity index is 0.000000202. The number of hydrogen-bond acceptors (Lipinski definition) is 15. The Kier molecular flexibility index (Phi) is 46.7. The minimum atomic E-state index is -0.242. The topological polar surface area (TPSA) is 123 Å². The van der Waals surface area contributed by atoms with Crippen LogP contribution in [0.2, 0.25) is 0 Å². The number of piperidine rings is 1. The number of methoxy groups -OCH3 is 7. The Morgan fingerprint density at radius 1 is 0.504 bits per heavy atom. The van der Waals surface area contributed by atoms with Gasteiger partial charge in [-0.2, -0.15) is 30.3 Å². The molecule has 7 aromatic rings. The van der Waals surface area contributed by atoms with Crippen LogP contribution in [0.5, 0.6) is 23.0 Å². The van der Waals surface area contributed by atoms with Crippen molar-refractivity contribution in [2.24, 2.45) is 64.6 Å². The fraction of sp³-hybridized carbons (Fsp3) is 0.636. The van der Waals surface area contributed by atoms with E-state index in [0.717, 1.165) is 118 Å². The Labute approximate surface area is 883 Å². The molecule has 0 radical (unpaired) electrons. The molecule has 15 rings (SSSR count). The van der Waals surface area contributed by atoms with E-state index in [9.17, 15) is 0 Å². The zero-order valence-electron chi connectivity index (χ0n) is 91.6. The molecule has 16 atom stereocenters. The molecular weight excluding hydrogens is 1770 g/mol. The number of nitrogens with zero attached hydrogens (tertiary/aromatic N) is 6. The van der Waals surface area contributed by atoms with E-state index in [2.05, 4.69) is 354 Å². The Morgan fingerprint density at radius 2 is 1.05 bits per heavy atom. The summed E-state index contributed by atoms with van der Waals surface area (Å²) in [6, 6.07) is 62.4. The predicted molar refractivity (Wildman–Crippen MR) is 568 cm³/mol. The molecule has 7 aromatic carbocycles. The van der Waals surface area contributed by atoms with Crippen LogP contribution in [0.3, 0.4) is 0 Å². The number of likely N-dealkylation sites (N-methyl/N-ethyl adjacent to an activating group) is 1. The largest absolute Gasteiger partial charge is 1.00 e. The zero-order valence-corrected chi connectivity index (χ0v) is 96.5. The summed E-state index contributed by atoms with van der Waals surface area (Å²) < 4.78 is 47.6. The fourth-order valence-electron chi connectivity index (χ4n) is 25.0. The Hall–Kier alpha value is -5.15. The van der Waals surface area contributed by atoms with Crippen LogP contribution in [0.1, 0.15) is 291 Å². The Bertz CT molecular complexity index is 4690. The summed E-state index contributed by atoms with van der Waals surface area (Å²) in [6.07, 6.45) is 24.4. The van der Waals surface area contributed by atoms with Gasteiger partial charge in [-0.05, 0) is 317 Å². The van der Waals surface area contributed by atoms with Crippen LogP contribution in [-0.4, -0.2) is 206 Å². The molecule has 0 aromatic heterocycles. The van der Waals surface area contributed by atoms with Crippen molar-refractivity contribution >= 4 is 0 Å². The van der Waals surface area contributed by atoms with Gasteiger partial charge in [-0.25, -0.2) is 0 Å². The van der Waals surface area contributed by atoms with Gasteiger partial charge in [0.2, 0.25) is 0 Å². The molecule has 0 spiro atoms. The summed E-state index contributed by atoms with van der Waals surface area (Å²) in [7, 11) is 32.3. The van der Waals surface area contributed by atoms with Crippen molar-refractivity contribution in [1.82, 2.24) is 29.4 Å². The molecule has 4 saturated carbocycles. The molecule has 15 nitrogen and oxygen atoms in total. The van der Waals surface area contributed by atoms with Crippen LogP contribution in [0, 0.1) is 70.7 Å². The molecule has 16 unspecified atom stereocenters. The van der Waals surface area contributed by atoms with Gasteiger partial charge in [-0.15, -0.1) is 5.56 Å². The van der Waals surface area contributed by atoms with Crippen molar-refractivity contribution in [3.63, 3.8) is 0 Å². The van der Waals surface area contributed by atoms with E-state index in [1.807, 2.05) is 40.6 Å². The van der Waals surface area contributed by atoms with Crippen LogP contribution < -0.4 is 77.1 Å². The quantitative estimate of drug-likeness (QED) is 0.0341. The van der Waals surface area contributed by atoms with Crippen LogP contribution in [-0.2, 0) is 47.7 Å². The molecule has 756 valence electrons. The first-order valence-electron chi connectivity index (χ1n) is 52.2. The normalized spacial score (nSPS) is 26.4.